The van der Waals surface area contributed by atoms with Crippen molar-refractivity contribution < 1.29 is 0 Å². The molecular weight excluding hydrogens is 378 g/mol. The van der Waals surface area contributed by atoms with E-state index < -0.39 is 0 Å². The zero-order valence-electron chi connectivity index (χ0n) is 17.5. The number of amidine groups is 1. The fourth-order valence-electron chi connectivity index (χ4n) is 4.27. The van der Waals surface area contributed by atoms with Crippen LogP contribution in [0.2, 0.25) is 5.02 Å². The molecule has 1 unspecified atom stereocenters. The maximum atomic E-state index is 6.37. The Morgan fingerprint density at radius 1 is 1.10 bits per heavy atom. The van der Waals surface area contributed by atoms with Gasteiger partial charge in [0.15, 0.2) is 0 Å². The summed E-state index contributed by atoms with van der Waals surface area (Å²) in [6, 6.07) is 16.4. The Hall–Kier alpha value is -2.00. The molecule has 0 bridgehead atoms. The molecule has 29 heavy (non-hydrogen) atoms. The first kappa shape index (κ1) is 21.7. The molecule has 0 aromatic heterocycles. The number of hydrogen-bond donors (Lipinski definition) is 2. The van der Waals surface area contributed by atoms with E-state index in [-0.39, 0.29) is 0 Å². The maximum Gasteiger partial charge on any atom is 0.130 e. The van der Waals surface area contributed by atoms with Crippen LogP contribution in [0.3, 0.4) is 0 Å². The Morgan fingerprint density at radius 3 is 2.55 bits per heavy atom. The summed E-state index contributed by atoms with van der Waals surface area (Å²) >= 11 is 6.37. The molecule has 1 saturated carbocycles. The molecule has 0 spiro atoms. The third-order valence-electron chi connectivity index (χ3n) is 5.99. The molecule has 0 amide bonds. The van der Waals surface area contributed by atoms with Crippen LogP contribution in [0.15, 0.2) is 53.5 Å². The van der Waals surface area contributed by atoms with E-state index in [1.54, 1.807) is 0 Å². The highest BCUT2D eigenvalue weighted by Gasteiger charge is 2.25. The summed E-state index contributed by atoms with van der Waals surface area (Å²) < 4.78 is 0. The first-order valence-electron chi connectivity index (χ1n) is 11.1. The number of unbranched alkanes of at least 4 members (excludes halogenated alkanes) is 1. The van der Waals surface area contributed by atoms with Gasteiger partial charge in [-0.3, -0.25) is 4.99 Å². The number of para-hydroxylation sites is 1. The Morgan fingerprint density at radius 2 is 1.83 bits per heavy atom. The molecule has 2 aromatic carbocycles. The number of benzene rings is 2. The van der Waals surface area contributed by atoms with Gasteiger partial charge >= 0.3 is 0 Å². The van der Waals surface area contributed by atoms with Gasteiger partial charge in [0.05, 0.1) is 6.54 Å². The number of halogens is 1. The Labute approximate surface area is 180 Å². The number of nitrogens with two attached hydrogens (primary N) is 1. The number of anilines is 1. The molecule has 1 atom stereocenters. The Bertz CT molecular complexity index is 796. The van der Waals surface area contributed by atoms with Crippen molar-refractivity contribution in [3.63, 3.8) is 0 Å². The number of rotatable bonds is 8. The standard InChI is InChI=1S/C25H34ClN3/c1-2-3-17-24(19-11-5-4-6-12-19)29-25(21-14-8-10-16-23(21)27)28-18-20-13-7-9-15-22(20)26/h7-10,13-16,19,24H,2-6,11-12,17-18,27H2,1H3,(H,28,29). The lowest BCUT2D eigenvalue weighted by Gasteiger charge is -2.32. The zero-order chi connectivity index (χ0) is 20.5. The van der Waals surface area contributed by atoms with Gasteiger partial charge < -0.3 is 11.1 Å². The lowest BCUT2D eigenvalue weighted by atomic mass is 9.82. The fourth-order valence-corrected chi connectivity index (χ4v) is 4.47. The normalized spacial score (nSPS) is 16.6. The minimum atomic E-state index is 0.444. The smallest absolute Gasteiger partial charge is 0.130 e. The summed E-state index contributed by atoms with van der Waals surface area (Å²) in [5, 5.41) is 4.59. The molecule has 156 valence electrons. The van der Waals surface area contributed by atoms with E-state index in [9.17, 15) is 0 Å². The van der Waals surface area contributed by atoms with E-state index in [4.69, 9.17) is 22.3 Å². The predicted molar refractivity (Wildman–Crippen MR) is 126 cm³/mol. The Balaban J connectivity index is 1.87. The van der Waals surface area contributed by atoms with E-state index in [1.165, 1.54) is 51.4 Å². The van der Waals surface area contributed by atoms with Crippen LogP contribution in [0.25, 0.3) is 0 Å². The van der Waals surface area contributed by atoms with Gasteiger partial charge in [0.25, 0.3) is 0 Å². The average Bonchev–Trinajstić information content (AvgIpc) is 2.75. The molecule has 3 rings (SSSR count). The van der Waals surface area contributed by atoms with Crippen LogP contribution in [0.1, 0.15) is 69.4 Å². The van der Waals surface area contributed by atoms with Crippen LogP contribution in [0.5, 0.6) is 0 Å². The van der Waals surface area contributed by atoms with Crippen molar-refractivity contribution in [3.8, 4) is 0 Å². The summed E-state index contributed by atoms with van der Waals surface area (Å²) in [5.74, 6) is 1.61. The molecule has 0 aliphatic heterocycles. The highest BCUT2D eigenvalue weighted by Crippen LogP contribution is 2.29. The summed E-state index contributed by atoms with van der Waals surface area (Å²) in [6.07, 6.45) is 10.3. The summed E-state index contributed by atoms with van der Waals surface area (Å²) in [4.78, 5) is 4.97. The second kappa shape index (κ2) is 11.3. The quantitative estimate of drug-likeness (QED) is 0.292. The molecule has 1 aliphatic rings. The zero-order valence-corrected chi connectivity index (χ0v) is 18.3. The van der Waals surface area contributed by atoms with Crippen molar-refractivity contribution in [2.45, 2.75) is 70.9 Å². The van der Waals surface area contributed by atoms with Gasteiger partial charge in [0.2, 0.25) is 0 Å². The van der Waals surface area contributed by atoms with Crippen molar-refractivity contribution in [2.24, 2.45) is 10.9 Å². The van der Waals surface area contributed by atoms with Gasteiger partial charge in [0.1, 0.15) is 5.84 Å². The van der Waals surface area contributed by atoms with Crippen LogP contribution < -0.4 is 11.1 Å². The lowest BCUT2D eigenvalue weighted by molar-refractivity contribution is 0.275. The molecular formula is C25H34ClN3. The molecule has 0 radical (unpaired) electrons. The summed E-state index contributed by atoms with van der Waals surface area (Å²) in [7, 11) is 0. The van der Waals surface area contributed by atoms with Crippen LogP contribution in [-0.4, -0.2) is 11.9 Å². The highest BCUT2D eigenvalue weighted by molar-refractivity contribution is 6.31. The van der Waals surface area contributed by atoms with E-state index >= 15 is 0 Å². The van der Waals surface area contributed by atoms with Crippen LogP contribution in [0, 0.1) is 5.92 Å². The minimum absolute atomic E-state index is 0.444. The van der Waals surface area contributed by atoms with Crippen molar-refractivity contribution >= 4 is 23.1 Å². The number of nitrogen functional groups attached to an aromatic ring is 1. The van der Waals surface area contributed by atoms with E-state index in [0.29, 0.717) is 18.5 Å². The number of aliphatic imine (C=N–C) groups is 1. The Kier molecular flexibility index (Phi) is 8.42. The van der Waals surface area contributed by atoms with Gasteiger partial charge in [0, 0.05) is 22.3 Å². The monoisotopic (exact) mass is 411 g/mol. The first-order valence-corrected chi connectivity index (χ1v) is 11.5. The van der Waals surface area contributed by atoms with E-state index in [1.807, 2.05) is 42.5 Å². The molecule has 3 N–H and O–H groups in total. The van der Waals surface area contributed by atoms with Crippen molar-refractivity contribution in [1.29, 1.82) is 0 Å². The van der Waals surface area contributed by atoms with Gasteiger partial charge in [-0.05, 0) is 48.9 Å². The molecule has 3 nitrogen and oxygen atoms in total. The number of nitrogens with one attached hydrogen (secondary N) is 1. The van der Waals surface area contributed by atoms with Crippen molar-refractivity contribution in [3.05, 3.63) is 64.7 Å². The molecule has 2 aromatic rings. The SMILES string of the molecule is CCCCC(NC(=NCc1ccccc1Cl)c1ccccc1N)C1CCCCC1. The first-order chi connectivity index (χ1) is 14.2. The van der Waals surface area contributed by atoms with Crippen molar-refractivity contribution in [1.82, 2.24) is 5.32 Å². The largest absolute Gasteiger partial charge is 0.398 e. The van der Waals surface area contributed by atoms with Gasteiger partial charge in [-0.25, -0.2) is 0 Å². The lowest BCUT2D eigenvalue weighted by Crippen LogP contribution is -2.42. The van der Waals surface area contributed by atoms with E-state index in [0.717, 1.165) is 27.7 Å². The summed E-state index contributed by atoms with van der Waals surface area (Å²) in [6.45, 7) is 2.81. The maximum absolute atomic E-state index is 6.37. The highest BCUT2D eigenvalue weighted by atomic mass is 35.5. The number of nitrogens with zero attached hydrogens (tertiary/aromatic N) is 1. The van der Waals surface area contributed by atoms with Crippen molar-refractivity contribution in [2.75, 3.05) is 5.73 Å². The second-order valence-electron chi connectivity index (χ2n) is 8.13. The third-order valence-corrected chi connectivity index (χ3v) is 6.36. The topological polar surface area (TPSA) is 50.4 Å². The minimum Gasteiger partial charge on any atom is -0.398 e. The third kappa shape index (κ3) is 6.24. The number of hydrogen-bond acceptors (Lipinski definition) is 2. The summed E-state index contributed by atoms with van der Waals surface area (Å²) in [5.41, 5.74) is 9.10. The molecule has 4 heteroatoms. The molecule has 1 fully saturated rings. The molecule has 0 heterocycles. The molecule has 0 saturated heterocycles. The second-order valence-corrected chi connectivity index (χ2v) is 8.54. The van der Waals surface area contributed by atoms with Gasteiger partial charge in [-0.15, -0.1) is 0 Å². The van der Waals surface area contributed by atoms with Crippen LogP contribution in [0.4, 0.5) is 5.69 Å². The van der Waals surface area contributed by atoms with Gasteiger partial charge in [-0.1, -0.05) is 81.0 Å². The van der Waals surface area contributed by atoms with Gasteiger partial charge in [-0.2, -0.15) is 0 Å². The molecule has 1 aliphatic carbocycles. The van der Waals surface area contributed by atoms with E-state index in [2.05, 4.69) is 18.3 Å². The predicted octanol–water partition coefficient (Wildman–Crippen LogP) is 6.60. The fraction of sp³-hybridized carbons (Fsp3) is 0.480. The van der Waals surface area contributed by atoms with Crippen LogP contribution in [-0.2, 0) is 6.54 Å². The average molecular weight is 412 g/mol. The van der Waals surface area contributed by atoms with Crippen LogP contribution >= 0.6 is 11.6 Å².